The predicted molar refractivity (Wildman–Crippen MR) is 153 cm³/mol. The molecule has 2 heterocycles. The molecule has 2 aromatic rings. The first-order chi connectivity index (χ1) is 19.6. The van der Waals surface area contributed by atoms with Crippen LogP contribution in [0.5, 0.6) is 0 Å². The average molecular weight is 577 g/mol. The van der Waals surface area contributed by atoms with E-state index in [1.165, 1.54) is 11.3 Å². The molecule has 0 amide bonds. The minimum absolute atomic E-state index is 0.000853. The first-order valence-corrected chi connectivity index (χ1v) is 15.3. The lowest BCUT2D eigenvalue weighted by atomic mass is 9.46. The number of ether oxygens (including phenoxy) is 2. The number of aliphatic hydroxyl groups is 2. The first-order valence-electron chi connectivity index (χ1n) is 14.5. The van der Waals surface area contributed by atoms with Gasteiger partial charge in [0.2, 0.25) is 0 Å². The topological polar surface area (TPSA) is 132 Å². The zero-order valence-electron chi connectivity index (χ0n) is 23.3. The highest BCUT2D eigenvalue weighted by atomic mass is 32.1. The maximum atomic E-state index is 13.7. The standard InChI is InChI=1S/C32H36N2O6S/c1-30-9-8-20(36)12-18(30)6-7-21-22-13-26-32(25(38)16-35,31(22,2)14-23(37)28(21)30)40-29(39-26)24-15-34-27(41-24)11-17-4-3-5-19(33)10-17/h3-5,8-10,12,15,21-23,26,28-29,35,37H,6-7,11,13-14,16,33H2,1-2H3/t21-,22-,23-,26+,28+,29-,30-,31-,32+/m0/s1. The van der Waals surface area contributed by atoms with Gasteiger partial charge in [-0.3, -0.25) is 9.59 Å². The maximum absolute atomic E-state index is 13.7. The summed E-state index contributed by atoms with van der Waals surface area (Å²) in [5, 5.41) is 22.9. The summed E-state index contributed by atoms with van der Waals surface area (Å²) in [6.07, 6.45) is 8.25. The molecule has 1 aromatic carbocycles. The lowest BCUT2D eigenvalue weighted by molar-refractivity contribution is -0.200. The van der Waals surface area contributed by atoms with Crippen LogP contribution < -0.4 is 5.73 Å². The highest BCUT2D eigenvalue weighted by molar-refractivity contribution is 7.11. The maximum Gasteiger partial charge on any atom is 0.196 e. The van der Waals surface area contributed by atoms with E-state index >= 15 is 0 Å². The predicted octanol–water partition coefficient (Wildman–Crippen LogP) is 3.92. The van der Waals surface area contributed by atoms with Crippen molar-refractivity contribution in [3.05, 3.63) is 69.7 Å². The average Bonchev–Trinajstić information content (AvgIpc) is 3.61. The number of nitrogen functional groups attached to an aromatic ring is 1. The zero-order chi connectivity index (χ0) is 28.7. The number of Topliss-reactive ketones (excluding diaryl/α,β-unsaturated/α-hetero) is 1. The van der Waals surface area contributed by atoms with Gasteiger partial charge in [0.05, 0.1) is 22.1 Å². The summed E-state index contributed by atoms with van der Waals surface area (Å²) in [5.41, 5.74) is 6.28. The molecule has 4 fully saturated rings. The van der Waals surface area contributed by atoms with Gasteiger partial charge < -0.3 is 25.4 Å². The second-order valence-electron chi connectivity index (χ2n) is 12.9. The van der Waals surface area contributed by atoms with Gasteiger partial charge in [0.1, 0.15) is 6.61 Å². The number of anilines is 1. The Labute approximate surface area is 243 Å². The van der Waals surface area contributed by atoms with Gasteiger partial charge in [-0.15, -0.1) is 11.3 Å². The monoisotopic (exact) mass is 576 g/mol. The van der Waals surface area contributed by atoms with Crippen LogP contribution in [0.25, 0.3) is 0 Å². The lowest BCUT2D eigenvalue weighted by Gasteiger charge is -2.59. The molecule has 0 radical (unpaired) electrons. The van der Waals surface area contributed by atoms with Crippen molar-refractivity contribution in [2.45, 2.75) is 70.1 Å². The number of fused-ring (bicyclic) bond motifs is 7. The van der Waals surface area contributed by atoms with Crippen LogP contribution in [0.3, 0.4) is 0 Å². The number of allylic oxidation sites excluding steroid dienone is 4. The van der Waals surface area contributed by atoms with Crippen LogP contribution in [0.1, 0.15) is 61.3 Å². The van der Waals surface area contributed by atoms with E-state index in [1.807, 2.05) is 37.3 Å². The number of thiazole rings is 1. The molecule has 9 heteroatoms. The molecule has 0 spiro atoms. The Morgan fingerprint density at radius 2 is 2.12 bits per heavy atom. The molecule has 4 aliphatic carbocycles. The largest absolute Gasteiger partial charge is 0.399 e. The van der Waals surface area contributed by atoms with Gasteiger partial charge in [0.25, 0.3) is 0 Å². The summed E-state index contributed by atoms with van der Waals surface area (Å²) in [7, 11) is 0. The van der Waals surface area contributed by atoms with Crippen LogP contribution in [0.15, 0.2) is 54.3 Å². The minimum atomic E-state index is -1.36. The quantitative estimate of drug-likeness (QED) is 0.457. The molecule has 5 aliphatic rings. The smallest absolute Gasteiger partial charge is 0.196 e. The molecule has 7 rings (SSSR count). The van der Waals surface area contributed by atoms with Crippen LogP contribution in [-0.2, 0) is 25.5 Å². The lowest BCUT2D eigenvalue weighted by Crippen LogP contribution is -2.63. The van der Waals surface area contributed by atoms with Crippen LogP contribution in [-0.4, -0.2) is 51.2 Å². The molecule has 8 nitrogen and oxygen atoms in total. The Kier molecular flexibility index (Phi) is 6.23. The summed E-state index contributed by atoms with van der Waals surface area (Å²) in [6, 6.07) is 7.70. The fourth-order valence-electron chi connectivity index (χ4n) is 9.21. The first kappa shape index (κ1) is 27.2. The van der Waals surface area contributed by atoms with Crippen molar-refractivity contribution in [3.8, 4) is 0 Å². The number of hydrogen-bond donors (Lipinski definition) is 3. The minimum Gasteiger partial charge on any atom is -0.399 e. The van der Waals surface area contributed by atoms with Gasteiger partial charge >= 0.3 is 0 Å². The van der Waals surface area contributed by atoms with Crippen molar-refractivity contribution < 1.29 is 29.3 Å². The van der Waals surface area contributed by atoms with Gasteiger partial charge in [-0.05, 0) is 67.4 Å². The van der Waals surface area contributed by atoms with E-state index in [-0.39, 0.29) is 23.5 Å². The van der Waals surface area contributed by atoms with Crippen molar-refractivity contribution in [1.29, 1.82) is 0 Å². The molecule has 9 atom stereocenters. The molecule has 4 N–H and O–H groups in total. The zero-order valence-corrected chi connectivity index (χ0v) is 24.1. The number of carbonyl (C=O) groups excluding carboxylic acids is 2. The second-order valence-corrected chi connectivity index (χ2v) is 14.1. The Balaban J connectivity index is 1.19. The third-order valence-corrected chi connectivity index (χ3v) is 11.9. The Morgan fingerprint density at radius 3 is 2.90 bits per heavy atom. The molecular formula is C32H36N2O6S. The van der Waals surface area contributed by atoms with Crippen molar-refractivity contribution in [2.75, 3.05) is 12.3 Å². The normalized spacial score (nSPS) is 40.9. The molecule has 216 valence electrons. The highest BCUT2D eigenvalue weighted by Crippen LogP contribution is 2.70. The summed E-state index contributed by atoms with van der Waals surface area (Å²) in [6.45, 7) is 3.52. The molecule has 0 bridgehead atoms. The number of hydrogen-bond acceptors (Lipinski definition) is 9. The molecule has 3 saturated carbocycles. The fourth-order valence-corrected chi connectivity index (χ4v) is 10.1. The summed E-state index contributed by atoms with van der Waals surface area (Å²) < 4.78 is 13.2. The van der Waals surface area contributed by atoms with Crippen LogP contribution in [0, 0.1) is 28.6 Å². The van der Waals surface area contributed by atoms with Crippen LogP contribution >= 0.6 is 11.3 Å². The molecule has 0 unspecified atom stereocenters. The van der Waals surface area contributed by atoms with Crippen LogP contribution in [0.2, 0.25) is 0 Å². The molecule has 1 aliphatic heterocycles. The van der Waals surface area contributed by atoms with Gasteiger partial charge in [0, 0.05) is 35.1 Å². The number of carbonyl (C=O) groups is 2. The van der Waals surface area contributed by atoms with Crippen molar-refractivity contribution >= 4 is 28.6 Å². The number of nitrogens with two attached hydrogens (primary N) is 1. The van der Waals surface area contributed by atoms with E-state index in [0.717, 1.165) is 33.9 Å². The number of nitrogens with zero attached hydrogens (tertiary/aromatic N) is 1. The van der Waals surface area contributed by atoms with Gasteiger partial charge in [0.15, 0.2) is 23.5 Å². The van der Waals surface area contributed by atoms with E-state index in [9.17, 15) is 19.8 Å². The number of aliphatic hydroxyl groups excluding tert-OH is 2. The van der Waals surface area contributed by atoms with E-state index < -0.39 is 47.3 Å². The van der Waals surface area contributed by atoms with Crippen molar-refractivity contribution in [3.63, 3.8) is 0 Å². The third kappa shape index (κ3) is 3.82. The van der Waals surface area contributed by atoms with Gasteiger partial charge in [-0.1, -0.05) is 37.6 Å². The Hall–Kier alpha value is -2.69. The second kappa shape index (κ2) is 9.41. The molecular weight excluding hydrogens is 540 g/mol. The Morgan fingerprint density at radius 1 is 1.29 bits per heavy atom. The van der Waals surface area contributed by atoms with Gasteiger partial charge in [-0.2, -0.15) is 0 Å². The van der Waals surface area contributed by atoms with Crippen molar-refractivity contribution in [1.82, 2.24) is 4.98 Å². The van der Waals surface area contributed by atoms with E-state index in [0.29, 0.717) is 24.9 Å². The molecule has 1 aromatic heterocycles. The van der Waals surface area contributed by atoms with Crippen LogP contribution in [0.4, 0.5) is 5.69 Å². The summed E-state index contributed by atoms with van der Waals surface area (Å²) in [5.74, 6) is -0.284. The molecule has 41 heavy (non-hydrogen) atoms. The number of benzene rings is 1. The van der Waals surface area contributed by atoms with E-state index in [2.05, 4.69) is 11.9 Å². The van der Waals surface area contributed by atoms with Gasteiger partial charge in [-0.25, -0.2) is 4.98 Å². The number of aromatic nitrogens is 1. The fraction of sp³-hybridized carbons (Fsp3) is 0.531. The Bertz CT molecular complexity index is 1480. The number of ketones is 2. The highest BCUT2D eigenvalue weighted by Gasteiger charge is 2.76. The SMILES string of the molecule is C[C@]12C=CC(=O)C=C1CC[C@@H]1[C@@H]2[C@@H](O)C[C@@]2(C)[C@H]1C[C@H]1O[C@H](c3cnc(Cc4cccc(N)c4)s3)O[C@]12C(=O)CO. The summed E-state index contributed by atoms with van der Waals surface area (Å²) in [4.78, 5) is 31.2. The van der Waals surface area contributed by atoms with E-state index in [4.69, 9.17) is 15.2 Å². The van der Waals surface area contributed by atoms with Crippen molar-refractivity contribution in [2.24, 2.45) is 28.6 Å². The third-order valence-electron chi connectivity index (χ3n) is 10.9. The summed E-state index contributed by atoms with van der Waals surface area (Å²) >= 11 is 1.48. The van der Waals surface area contributed by atoms with E-state index in [1.54, 1.807) is 18.3 Å². The molecule has 1 saturated heterocycles. The number of rotatable bonds is 5.